The summed E-state index contributed by atoms with van der Waals surface area (Å²) >= 11 is 0. The van der Waals surface area contributed by atoms with Gasteiger partial charge in [0.2, 0.25) is 0 Å². The van der Waals surface area contributed by atoms with Gasteiger partial charge in [0.05, 0.1) is 11.4 Å². The molecule has 0 saturated carbocycles. The van der Waals surface area contributed by atoms with Gasteiger partial charge in [-0.3, -0.25) is 0 Å². The summed E-state index contributed by atoms with van der Waals surface area (Å²) < 4.78 is 0. The first-order chi connectivity index (χ1) is 14.8. The summed E-state index contributed by atoms with van der Waals surface area (Å²) in [7, 11) is 0. The summed E-state index contributed by atoms with van der Waals surface area (Å²) in [5.41, 5.74) is 4.10. The zero-order valence-corrected chi connectivity index (χ0v) is 16.0. The van der Waals surface area contributed by atoms with E-state index >= 15 is 0 Å². The van der Waals surface area contributed by atoms with E-state index in [1.165, 1.54) is 32.3 Å². The van der Waals surface area contributed by atoms with Crippen LogP contribution in [-0.4, -0.2) is 9.97 Å². The van der Waals surface area contributed by atoms with E-state index in [0.717, 1.165) is 22.5 Å². The molecule has 3 nitrogen and oxygen atoms in total. The number of aromatic nitrogens is 2. The SMILES string of the molecule is N#Cc1cc(-c2cccc(-c3cc4ccc5cccc6ccc(c3)c4c56)n2)ccn1. The Hall–Kier alpha value is -4.29. The predicted molar refractivity (Wildman–Crippen MR) is 121 cm³/mol. The Morgan fingerprint density at radius 1 is 0.600 bits per heavy atom. The number of pyridine rings is 2. The lowest BCUT2D eigenvalue weighted by atomic mass is 9.92. The Morgan fingerprint density at radius 2 is 1.20 bits per heavy atom. The second-order valence-corrected chi connectivity index (χ2v) is 7.46. The highest BCUT2D eigenvalue weighted by atomic mass is 14.7. The van der Waals surface area contributed by atoms with Crippen LogP contribution in [0.5, 0.6) is 0 Å². The summed E-state index contributed by atoms with van der Waals surface area (Å²) in [6.45, 7) is 0. The number of benzene rings is 4. The summed E-state index contributed by atoms with van der Waals surface area (Å²) in [5.74, 6) is 0. The highest BCUT2D eigenvalue weighted by Crippen LogP contribution is 2.37. The van der Waals surface area contributed by atoms with E-state index in [4.69, 9.17) is 10.2 Å². The lowest BCUT2D eigenvalue weighted by Crippen LogP contribution is -1.91. The topological polar surface area (TPSA) is 49.6 Å². The number of nitriles is 1. The van der Waals surface area contributed by atoms with Crippen LogP contribution in [0.4, 0.5) is 0 Å². The Bertz CT molecular complexity index is 1540. The van der Waals surface area contributed by atoms with Crippen molar-refractivity contribution in [3.05, 3.63) is 96.8 Å². The molecule has 4 aromatic carbocycles. The second kappa shape index (κ2) is 6.37. The number of hydrogen-bond donors (Lipinski definition) is 0. The van der Waals surface area contributed by atoms with E-state index in [1.807, 2.05) is 24.3 Å². The van der Waals surface area contributed by atoms with Crippen LogP contribution >= 0.6 is 0 Å². The minimum atomic E-state index is 0.391. The molecule has 0 aliphatic heterocycles. The van der Waals surface area contributed by atoms with E-state index in [0.29, 0.717) is 5.69 Å². The molecule has 0 N–H and O–H groups in total. The van der Waals surface area contributed by atoms with Crippen LogP contribution in [0.2, 0.25) is 0 Å². The predicted octanol–water partition coefficient (Wildman–Crippen LogP) is 6.58. The van der Waals surface area contributed by atoms with Crippen molar-refractivity contribution in [1.29, 1.82) is 5.26 Å². The molecule has 2 heterocycles. The molecule has 6 aromatic rings. The minimum absolute atomic E-state index is 0.391. The van der Waals surface area contributed by atoms with Crippen molar-refractivity contribution in [1.82, 2.24) is 9.97 Å². The van der Waals surface area contributed by atoms with Crippen molar-refractivity contribution in [2.75, 3.05) is 0 Å². The molecular weight excluding hydrogens is 366 g/mol. The van der Waals surface area contributed by atoms with E-state index < -0.39 is 0 Å². The molecule has 3 heteroatoms. The zero-order chi connectivity index (χ0) is 20.1. The minimum Gasteiger partial charge on any atom is -0.248 e. The van der Waals surface area contributed by atoms with Crippen LogP contribution in [-0.2, 0) is 0 Å². The van der Waals surface area contributed by atoms with E-state index in [2.05, 4.69) is 65.7 Å². The van der Waals surface area contributed by atoms with Gasteiger partial charge in [-0.1, -0.05) is 48.5 Å². The normalized spacial score (nSPS) is 11.3. The van der Waals surface area contributed by atoms with Gasteiger partial charge >= 0.3 is 0 Å². The summed E-state index contributed by atoms with van der Waals surface area (Å²) in [6.07, 6.45) is 1.65. The molecule has 138 valence electrons. The van der Waals surface area contributed by atoms with Crippen LogP contribution in [0.1, 0.15) is 5.69 Å². The molecule has 0 amide bonds. The van der Waals surface area contributed by atoms with Crippen molar-refractivity contribution < 1.29 is 0 Å². The molecule has 6 rings (SSSR count). The van der Waals surface area contributed by atoms with E-state index in [9.17, 15) is 0 Å². The second-order valence-electron chi connectivity index (χ2n) is 7.46. The molecule has 30 heavy (non-hydrogen) atoms. The van der Waals surface area contributed by atoms with Gasteiger partial charge in [-0.2, -0.15) is 5.26 Å². The number of hydrogen-bond acceptors (Lipinski definition) is 3. The fraction of sp³-hybridized carbons (Fsp3) is 0. The number of rotatable bonds is 2. The first-order valence-corrected chi connectivity index (χ1v) is 9.82. The molecule has 0 unspecified atom stereocenters. The van der Waals surface area contributed by atoms with Gasteiger partial charge in [-0.25, -0.2) is 9.97 Å². The van der Waals surface area contributed by atoms with Crippen LogP contribution in [0, 0.1) is 11.3 Å². The van der Waals surface area contributed by atoms with Crippen LogP contribution in [0.25, 0.3) is 54.8 Å². The molecule has 0 bridgehead atoms. The third-order valence-electron chi connectivity index (χ3n) is 5.68. The molecule has 0 radical (unpaired) electrons. The van der Waals surface area contributed by atoms with Gasteiger partial charge in [0, 0.05) is 17.3 Å². The molecule has 0 aliphatic rings. The van der Waals surface area contributed by atoms with E-state index in [1.54, 1.807) is 12.3 Å². The average molecular weight is 381 g/mol. The molecule has 2 aromatic heterocycles. The van der Waals surface area contributed by atoms with Crippen molar-refractivity contribution in [2.45, 2.75) is 0 Å². The molecular formula is C27H15N3. The Labute approximate surface area is 173 Å². The first kappa shape index (κ1) is 16.6. The van der Waals surface area contributed by atoms with Crippen molar-refractivity contribution in [2.24, 2.45) is 0 Å². The summed E-state index contributed by atoms with van der Waals surface area (Å²) in [5, 5.41) is 16.7. The highest BCUT2D eigenvalue weighted by molar-refractivity contribution is 6.23. The standard InChI is InChI=1S/C27H15N3/c28-16-23-15-19(11-12-29-23)24-5-2-6-25(30-24)22-13-20-9-7-17-3-1-4-18-8-10-21(14-22)27(20)26(17)18/h1-15H. The van der Waals surface area contributed by atoms with Gasteiger partial charge in [-0.15, -0.1) is 0 Å². The molecule has 0 fully saturated rings. The van der Waals surface area contributed by atoms with Gasteiger partial charge in [0.25, 0.3) is 0 Å². The largest absolute Gasteiger partial charge is 0.248 e. The molecule has 0 saturated heterocycles. The fourth-order valence-electron chi connectivity index (χ4n) is 4.31. The van der Waals surface area contributed by atoms with Crippen molar-refractivity contribution in [3.8, 4) is 28.6 Å². The zero-order valence-electron chi connectivity index (χ0n) is 16.0. The van der Waals surface area contributed by atoms with Gasteiger partial charge < -0.3 is 0 Å². The maximum absolute atomic E-state index is 9.14. The molecule has 0 atom stereocenters. The number of nitrogens with zero attached hydrogens (tertiary/aromatic N) is 3. The third kappa shape index (κ3) is 2.52. The lowest BCUT2D eigenvalue weighted by Gasteiger charge is -2.13. The maximum atomic E-state index is 9.14. The Balaban J connectivity index is 1.56. The van der Waals surface area contributed by atoms with Gasteiger partial charge in [0.15, 0.2) is 0 Å². The Morgan fingerprint density at radius 3 is 1.90 bits per heavy atom. The fourth-order valence-corrected chi connectivity index (χ4v) is 4.31. The van der Waals surface area contributed by atoms with Gasteiger partial charge in [0.1, 0.15) is 11.8 Å². The lowest BCUT2D eigenvalue weighted by molar-refractivity contribution is 1.25. The van der Waals surface area contributed by atoms with E-state index in [-0.39, 0.29) is 0 Å². The van der Waals surface area contributed by atoms with Gasteiger partial charge in [-0.05, 0) is 68.7 Å². The average Bonchev–Trinajstić information content (AvgIpc) is 2.82. The molecule has 0 aliphatic carbocycles. The monoisotopic (exact) mass is 381 g/mol. The smallest absolute Gasteiger partial charge is 0.141 e. The summed E-state index contributed by atoms with van der Waals surface area (Å²) in [6, 6.07) is 31.4. The first-order valence-electron chi connectivity index (χ1n) is 9.82. The quantitative estimate of drug-likeness (QED) is 0.318. The maximum Gasteiger partial charge on any atom is 0.141 e. The third-order valence-corrected chi connectivity index (χ3v) is 5.68. The van der Waals surface area contributed by atoms with Crippen LogP contribution in [0.15, 0.2) is 91.1 Å². The molecule has 0 spiro atoms. The van der Waals surface area contributed by atoms with Crippen molar-refractivity contribution >= 4 is 32.3 Å². The van der Waals surface area contributed by atoms with Crippen LogP contribution in [0.3, 0.4) is 0 Å². The van der Waals surface area contributed by atoms with Crippen molar-refractivity contribution in [3.63, 3.8) is 0 Å². The summed E-state index contributed by atoms with van der Waals surface area (Å²) in [4.78, 5) is 8.94. The highest BCUT2D eigenvalue weighted by Gasteiger charge is 2.11. The van der Waals surface area contributed by atoms with Crippen LogP contribution < -0.4 is 0 Å². The Kier molecular flexibility index (Phi) is 3.53.